The highest BCUT2D eigenvalue weighted by Crippen LogP contribution is 2.35. The quantitative estimate of drug-likeness (QED) is 0.118. The number of carbonyl (C=O) groups excluding carboxylic acids is 2. The molecule has 39 heavy (non-hydrogen) atoms. The van der Waals surface area contributed by atoms with Crippen LogP contribution in [0.5, 0.6) is 11.5 Å². The number of ether oxygens (including phenoxy) is 2. The van der Waals surface area contributed by atoms with Crippen LogP contribution in [0, 0.1) is 0 Å². The Morgan fingerprint density at radius 3 is 1.79 bits per heavy atom. The number of aliphatic hydroxyl groups is 2. The number of hydrogen-bond acceptors (Lipinski definition) is 6. The zero-order chi connectivity index (χ0) is 28.4. The molecule has 0 heterocycles. The van der Waals surface area contributed by atoms with Crippen LogP contribution in [0.15, 0.2) is 85.0 Å². The topological polar surface area (TPSA) is 93.1 Å². The van der Waals surface area contributed by atoms with Gasteiger partial charge in [0.1, 0.15) is 11.5 Å². The van der Waals surface area contributed by atoms with Crippen molar-refractivity contribution < 1.29 is 29.3 Å². The summed E-state index contributed by atoms with van der Waals surface area (Å²) in [6.45, 7) is 10.2. The molecule has 0 amide bonds. The van der Waals surface area contributed by atoms with Gasteiger partial charge in [-0.3, -0.25) is 0 Å². The standard InChI is InChI=1S/C33H36O6/c1-5-7-8-9-24-10-12-26(13-11-24)27-14-15-31(25(6-2)16-27)28-17-29(38-32(36)22(3)20-34)19-30(18-28)39-33(37)23(4)21-35/h10-19,34-35H,3-9,20-21H2,1-2H3. The maximum atomic E-state index is 12.3. The number of esters is 2. The van der Waals surface area contributed by atoms with E-state index in [-0.39, 0.29) is 22.6 Å². The van der Waals surface area contributed by atoms with Crippen LogP contribution in [0.3, 0.4) is 0 Å². The first-order valence-electron chi connectivity index (χ1n) is 13.2. The van der Waals surface area contributed by atoms with E-state index in [1.165, 1.54) is 30.9 Å². The third-order valence-electron chi connectivity index (χ3n) is 6.41. The maximum Gasteiger partial charge on any atom is 0.341 e. The molecule has 0 spiro atoms. The second kappa shape index (κ2) is 14.2. The highest BCUT2D eigenvalue weighted by Gasteiger charge is 2.16. The lowest BCUT2D eigenvalue weighted by Crippen LogP contribution is -2.14. The molecule has 0 aromatic heterocycles. The minimum absolute atomic E-state index is 0.109. The van der Waals surface area contributed by atoms with Crippen LogP contribution in [0.2, 0.25) is 0 Å². The third-order valence-corrected chi connectivity index (χ3v) is 6.41. The van der Waals surface area contributed by atoms with Gasteiger partial charge in [0.15, 0.2) is 0 Å². The molecule has 0 saturated heterocycles. The summed E-state index contributed by atoms with van der Waals surface area (Å²) in [7, 11) is 0. The number of hydrogen-bond donors (Lipinski definition) is 2. The first-order chi connectivity index (χ1) is 18.8. The fourth-order valence-corrected chi connectivity index (χ4v) is 4.12. The van der Waals surface area contributed by atoms with Crippen molar-refractivity contribution in [1.29, 1.82) is 0 Å². The van der Waals surface area contributed by atoms with Crippen molar-refractivity contribution in [2.45, 2.75) is 46.0 Å². The summed E-state index contributed by atoms with van der Waals surface area (Å²) >= 11 is 0. The average molecular weight is 529 g/mol. The summed E-state index contributed by atoms with van der Waals surface area (Å²) < 4.78 is 10.8. The van der Waals surface area contributed by atoms with Crippen molar-refractivity contribution in [2.24, 2.45) is 0 Å². The van der Waals surface area contributed by atoms with Crippen LogP contribution < -0.4 is 9.47 Å². The fourth-order valence-electron chi connectivity index (χ4n) is 4.12. The van der Waals surface area contributed by atoms with E-state index < -0.39 is 25.2 Å². The van der Waals surface area contributed by atoms with Crippen molar-refractivity contribution in [2.75, 3.05) is 13.2 Å². The predicted octanol–water partition coefficient (Wildman–Crippen LogP) is 6.22. The Labute approximate surface area is 230 Å². The highest BCUT2D eigenvalue weighted by atomic mass is 16.5. The molecule has 0 aliphatic heterocycles. The Morgan fingerprint density at radius 2 is 1.28 bits per heavy atom. The molecule has 204 valence electrons. The van der Waals surface area contributed by atoms with E-state index in [2.05, 4.69) is 57.3 Å². The number of unbranched alkanes of at least 4 members (excludes halogenated alkanes) is 2. The fraction of sp³-hybridized carbons (Fsp3) is 0.273. The molecule has 0 saturated carbocycles. The molecule has 3 aromatic rings. The van der Waals surface area contributed by atoms with Gasteiger partial charge in [-0.15, -0.1) is 0 Å². The van der Waals surface area contributed by atoms with Gasteiger partial charge >= 0.3 is 11.9 Å². The molecule has 0 atom stereocenters. The molecule has 0 radical (unpaired) electrons. The second-order valence-corrected chi connectivity index (χ2v) is 9.37. The van der Waals surface area contributed by atoms with Crippen molar-refractivity contribution in [1.82, 2.24) is 0 Å². The smallest absolute Gasteiger partial charge is 0.341 e. The monoisotopic (exact) mass is 528 g/mol. The first kappa shape index (κ1) is 29.6. The van der Waals surface area contributed by atoms with Gasteiger partial charge in [-0.1, -0.05) is 82.3 Å². The minimum atomic E-state index is -0.795. The van der Waals surface area contributed by atoms with Crippen molar-refractivity contribution in [3.05, 3.63) is 96.1 Å². The zero-order valence-corrected chi connectivity index (χ0v) is 22.7. The molecule has 6 nitrogen and oxygen atoms in total. The van der Waals surface area contributed by atoms with Crippen LogP contribution in [0.1, 0.15) is 44.2 Å². The number of aliphatic hydroxyl groups excluding tert-OH is 2. The summed E-state index contributed by atoms with van der Waals surface area (Å²) in [6.07, 6.45) is 5.45. The maximum absolute atomic E-state index is 12.3. The second-order valence-electron chi connectivity index (χ2n) is 9.37. The van der Waals surface area contributed by atoms with E-state index in [4.69, 9.17) is 9.47 Å². The van der Waals surface area contributed by atoms with Gasteiger partial charge in [0.2, 0.25) is 0 Å². The SMILES string of the molecule is C=C(CO)C(=O)Oc1cc(OC(=O)C(=C)CO)cc(-c2ccc(-c3ccc(CCCCC)cc3)cc2CC)c1. The Balaban J connectivity index is 1.97. The van der Waals surface area contributed by atoms with E-state index in [0.29, 0.717) is 5.56 Å². The Morgan fingerprint density at radius 1 is 0.718 bits per heavy atom. The molecule has 0 aliphatic carbocycles. The van der Waals surface area contributed by atoms with E-state index in [0.717, 1.165) is 35.1 Å². The summed E-state index contributed by atoms with van der Waals surface area (Å²) in [5.74, 6) is -1.35. The van der Waals surface area contributed by atoms with E-state index in [9.17, 15) is 19.8 Å². The molecule has 3 aromatic carbocycles. The average Bonchev–Trinajstić information content (AvgIpc) is 2.96. The molecule has 6 heteroatoms. The predicted molar refractivity (Wildman–Crippen MR) is 154 cm³/mol. The van der Waals surface area contributed by atoms with Crippen molar-refractivity contribution in [3.63, 3.8) is 0 Å². The number of benzene rings is 3. The largest absolute Gasteiger partial charge is 0.423 e. The number of aryl methyl sites for hydroxylation is 2. The summed E-state index contributed by atoms with van der Waals surface area (Å²) in [4.78, 5) is 24.5. The molecule has 0 unspecified atom stereocenters. The van der Waals surface area contributed by atoms with Crippen LogP contribution in [-0.4, -0.2) is 35.4 Å². The molecule has 2 N–H and O–H groups in total. The van der Waals surface area contributed by atoms with Crippen molar-refractivity contribution >= 4 is 11.9 Å². The molecular weight excluding hydrogens is 492 g/mol. The first-order valence-corrected chi connectivity index (χ1v) is 13.2. The molecule has 0 bridgehead atoms. The van der Waals surface area contributed by atoms with Gasteiger partial charge in [-0.2, -0.15) is 0 Å². The Hall–Kier alpha value is -4.00. The van der Waals surface area contributed by atoms with Crippen LogP contribution >= 0.6 is 0 Å². The number of rotatable bonds is 13. The summed E-state index contributed by atoms with van der Waals surface area (Å²) in [6, 6.07) is 19.5. The van der Waals surface area contributed by atoms with Crippen molar-refractivity contribution in [3.8, 4) is 33.8 Å². The third kappa shape index (κ3) is 7.99. The Bertz CT molecular complexity index is 1290. The van der Waals surface area contributed by atoms with E-state index in [1.54, 1.807) is 12.1 Å². The van der Waals surface area contributed by atoms with Gasteiger partial charge in [0.25, 0.3) is 0 Å². The Kier molecular flexibility index (Phi) is 10.8. The molecule has 3 rings (SSSR count). The zero-order valence-electron chi connectivity index (χ0n) is 22.7. The number of carbonyl (C=O) groups is 2. The van der Waals surface area contributed by atoms with Gasteiger partial charge in [-0.25, -0.2) is 9.59 Å². The lowest BCUT2D eigenvalue weighted by molar-refractivity contribution is -0.131. The van der Waals surface area contributed by atoms with Gasteiger partial charge < -0.3 is 19.7 Å². The molecular formula is C33H36O6. The molecule has 0 aliphatic rings. The van der Waals surface area contributed by atoms with Gasteiger partial charge in [0.05, 0.1) is 24.4 Å². The van der Waals surface area contributed by atoms with E-state index >= 15 is 0 Å². The lowest BCUT2D eigenvalue weighted by atomic mass is 9.93. The van der Waals surface area contributed by atoms with Crippen LogP contribution in [-0.2, 0) is 22.4 Å². The van der Waals surface area contributed by atoms with E-state index in [1.807, 2.05) is 12.1 Å². The lowest BCUT2D eigenvalue weighted by Gasteiger charge is -2.15. The summed E-state index contributed by atoms with van der Waals surface area (Å²) in [5, 5.41) is 18.5. The summed E-state index contributed by atoms with van der Waals surface area (Å²) in [5.41, 5.74) is 5.93. The highest BCUT2D eigenvalue weighted by molar-refractivity contribution is 5.91. The van der Waals surface area contributed by atoms with Gasteiger partial charge in [-0.05, 0) is 64.8 Å². The van der Waals surface area contributed by atoms with Gasteiger partial charge in [0, 0.05) is 6.07 Å². The minimum Gasteiger partial charge on any atom is -0.423 e. The van der Waals surface area contributed by atoms with Crippen LogP contribution in [0.25, 0.3) is 22.3 Å². The molecule has 0 fully saturated rings. The normalized spacial score (nSPS) is 10.7. The van der Waals surface area contributed by atoms with Crippen LogP contribution in [0.4, 0.5) is 0 Å².